The highest BCUT2D eigenvalue weighted by molar-refractivity contribution is 7.84. The predicted molar refractivity (Wildman–Crippen MR) is 74.5 cm³/mol. The molecule has 0 aliphatic rings. The van der Waals surface area contributed by atoms with E-state index >= 15 is 0 Å². The molecule has 3 amide bonds. The molecule has 0 aliphatic carbocycles. The first-order valence-electron chi connectivity index (χ1n) is 6.11. The molecule has 0 saturated carbocycles. The molecule has 0 aromatic carbocycles. The number of nitrogens with one attached hydrogen (secondary N) is 2. The summed E-state index contributed by atoms with van der Waals surface area (Å²) in [4.78, 5) is 33.0. The highest BCUT2D eigenvalue weighted by Gasteiger charge is 2.20. The molecule has 5 N–H and O–H groups in total. The van der Waals surface area contributed by atoms with Crippen LogP contribution < -0.4 is 16.4 Å². The van der Waals surface area contributed by atoms with Crippen molar-refractivity contribution in [2.45, 2.75) is 37.5 Å². The molecule has 0 aromatic heterocycles. The van der Waals surface area contributed by atoms with E-state index in [-0.39, 0.29) is 24.6 Å². The fraction of sp³-hybridized carbons (Fsp3) is 0.727. The first kappa shape index (κ1) is 18.4. The standard InChI is InChI=1S/C11H21N3O5S/c1-7(20(2)19)5-6-13-11(18)14-8(10(16)17)3-4-9(12)15/h7-8H,3-6H2,1-2H3,(H2,12,15)(H,16,17)(H2,13,14,18). The molecule has 0 heterocycles. The minimum atomic E-state index is -1.23. The fourth-order valence-electron chi connectivity index (χ4n) is 1.31. The van der Waals surface area contributed by atoms with E-state index in [1.807, 2.05) is 0 Å². The Morgan fingerprint density at radius 1 is 1.30 bits per heavy atom. The van der Waals surface area contributed by atoms with Crippen LogP contribution >= 0.6 is 0 Å². The Hall–Kier alpha value is -1.64. The number of carboxylic acid groups (broad SMARTS) is 1. The number of carboxylic acids is 1. The fourth-order valence-corrected chi connectivity index (χ4v) is 1.76. The number of carbonyl (C=O) groups is 3. The molecule has 3 unspecified atom stereocenters. The Labute approximate surface area is 119 Å². The second kappa shape index (κ2) is 9.29. The van der Waals surface area contributed by atoms with Gasteiger partial charge in [-0.2, -0.15) is 0 Å². The van der Waals surface area contributed by atoms with Gasteiger partial charge in [0.15, 0.2) is 0 Å². The molecule has 0 fully saturated rings. The first-order valence-corrected chi connectivity index (χ1v) is 7.73. The van der Waals surface area contributed by atoms with Gasteiger partial charge in [0.05, 0.1) is 0 Å². The molecule has 9 heteroatoms. The van der Waals surface area contributed by atoms with Gasteiger partial charge in [0.25, 0.3) is 0 Å². The summed E-state index contributed by atoms with van der Waals surface area (Å²) in [6, 6.07) is -1.81. The van der Waals surface area contributed by atoms with Crippen LogP contribution in [0.15, 0.2) is 0 Å². The molecule has 0 aliphatic heterocycles. The topological polar surface area (TPSA) is 139 Å². The molecule has 3 atom stereocenters. The van der Waals surface area contributed by atoms with E-state index in [1.165, 1.54) is 0 Å². The van der Waals surface area contributed by atoms with Crippen molar-refractivity contribution in [3.8, 4) is 0 Å². The third-order valence-corrected chi connectivity index (χ3v) is 4.05. The predicted octanol–water partition coefficient (Wildman–Crippen LogP) is -0.839. The number of rotatable bonds is 9. The van der Waals surface area contributed by atoms with Crippen LogP contribution in [0.2, 0.25) is 0 Å². The summed E-state index contributed by atoms with van der Waals surface area (Å²) in [6.07, 6.45) is 1.92. The van der Waals surface area contributed by atoms with Crippen LogP contribution in [0.5, 0.6) is 0 Å². The molecule has 8 nitrogen and oxygen atoms in total. The zero-order valence-electron chi connectivity index (χ0n) is 11.5. The van der Waals surface area contributed by atoms with Gasteiger partial charge in [-0.1, -0.05) is 6.92 Å². The molecule has 20 heavy (non-hydrogen) atoms. The van der Waals surface area contributed by atoms with E-state index < -0.39 is 34.7 Å². The van der Waals surface area contributed by atoms with Crippen LogP contribution in [0.4, 0.5) is 4.79 Å². The second-order valence-electron chi connectivity index (χ2n) is 4.39. The van der Waals surface area contributed by atoms with Crippen LogP contribution in [0, 0.1) is 0 Å². The molecule has 0 aromatic rings. The maximum Gasteiger partial charge on any atom is 0.326 e. The van der Waals surface area contributed by atoms with Crippen LogP contribution in [-0.2, 0) is 20.4 Å². The lowest BCUT2D eigenvalue weighted by Crippen LogP contribution is -2.46. The Balaban J connectivity index is 4.10. The summed E-state index contributed by atoms with van der Waals surface area (Å²) in [7, 11) is -0.969. The van der Waals surface area contributed by atoms with Gasteiger partial charge in [-0.15, -0.1) is 0 Å². The zero-order chi connectivity index (χ0) is 15.7. The molecule has 0 rings (SSSR count). The third kappa shape index (κ3) is 8.46. The monoisotopic (exact) mass is 307 g/mol. The first-order chi connectivity index (χ1) is 9.23. The molecule has 0 saturated heterocycles. The van der Waals surface area contributed by atoms with Crippen molar-refractivity contribution < 1.29 is 23.7 Å². The van der Waals surface area contributed by atoms with Gasteiger partial charge in [-0.05, 0) is 12.8 Å². The van der Waals surface area contributed by atoms with E-state index in [2.05, 4.69) is 10.6 Å². The number of carbonyl (C=O) groups excluding carboxylic acids is 2. The average molecular weight is 307 g/mol. The maximum absolute atomic E-state index is 11.5. The summed E-state index contributed by atoms with van der Waals surface area (Å²) < 4.78 is 11.1. The number of hydrogen-bond donors (Lipinski definition) is 4. The molecule has 0 spiro atoms. The zero-order valence-corrected chi connectivity index (χ0v) is 12.4. The van der Waals surface area contributed by atoms with Crippen LogP contribution in [-0.4, -0.2) is 51.3 Å². The maximum atomic E-state index is 11.5. The summed E-state index contributed by atoms with van der Waals surface area (Å²) in [6.45, 7) is 2.08. The Morgan fingerprint density at radius 2 is 1.90 bits per heavy atom. The minimum absolute atomic E-state index is 0.0552. The van der Waals surface area contributed by atoms with Gasteiger partial charge in [-0.25, -0.2) is 9.59 Å². The van der Waals surface area contributed by atoms with Crippen LogP contribution in [0.1, 0.15) is 26.2 Å². The SMILES string of the molecule is CC(CCNC(=O)NC(CCC(N)=O)C(=O)O)S(C)=O. The smallest absolute Gasteiger partial charge is 0.326 e. The van der Waals surface area contributed by atoms with E-state index in [0.717, 1.165) is 0 Å². The van der Waals surface area contributed by atoms with Crippen LogP contribution in [0.25, 0.3) is 0 Å². The van der Waals surface area contributed by atoms with Gasteiger partial charge >= 0.3 is 12.0 Å². The van der Waals surface area contributed by atoms with Crippen molar-refractivity contribution in [2.75, 3.05) is 12.8 Å². The van der Waals surface area contributed by atoms with Gasteiger partial charge in [0.1, 0.15) is 6.04 Å². The number of urea groups is 1. The highest BCUT2D eigenvalue weighted by atomic mass is 32.2. The van der Waals surface area contributed by atoms with Gasteiger partial charge < -0.3 is 21.5 Å². The normalized spacial score (nSPS) is 14.9. The Kier molecular flexibility index (Phi) is 8.53. The van der Waals surface area contributed by atoms with Crippen molar-refractivity contribution >= 4 is 28.7 Å². The number of amides is 3. The van der Waals surface area contributed by atoms with Crippen molar-refractivity contribution in [1.29, 1.82) is 0 Å². The summed E-state index contributed by atoms with van der Waals surface area (Å²) >= 11 is 0. The number of aliphatic carboxylic acids is 1. The van der Waals surface area contributed by atoms with E-state index in [0.29, 0.717) is 6.42 Å². The van der Waals surface area contributed by atoms with Crippen LogP contribution in [0.3, 0.4) is 0 Å². The molecular weight excluding hydrogens is 286 g/mol. The lowest BCUT2D eigenvalue weighted by molar-refractivity contribution is -0.139. The summed E-state index contributed by atoms with van der Waals surface area (Å²) in [5.41, 5.74) is 4.92. The molecule has 0 radical (unpaired) electrons. The highest BCUT2D eigenvalue weighted by Crippen LogP contribution is 1.99. The summed E-state index contributed by atoms with van der Waals surface area (Å²) in [5.74, 6) is -1.86. The van der Waals surface area contributed by atoms with Crippen molar-refractivity contribution in [3.63, 3.8) is 0 Å². The third-order valence-electron chi connectivity index (χ3n) is 2.69. The van der Waals surface area contributed by atoms with Gasteiger partial charge in [0, 0.05) is 35.3 Å². The van der Waals surface area contributed by atoms with E-state index in [9.17, 15) is 18.6 Å². The van der Waals surface area contributed by atoms with E-state index in [4.69, 9.17) is 10.8 Å². The number of primary amides is 1. The average Bonchev–Trinajstić information content (AvgIpc) is 2.33. The van der Waals surface area contributed by atoms with Gasteiger partial charge in [-0.3, -0.25) is 9.00 Å². The largest absolute Gasteiger partial charge is 0.480 e. The van der Waals surface area contributed by atoms with E-state index in [1.54, 1.807) is 13.2 Å². The van der Waals surface area contributed by atoms with Crippen molar-refractivity contribution in [3.05, 3.63) is 0 Å². The summed E-state index contributed by atoms with van der Waals surface area (Å²) in [5, 5.41) is 13.6. The number of hydrogen-bond acceptors (Lipinski definition) is 4. The number of nitrogens with two attached hydrogens (primary N) is 1. The molecular formula is C11H21N3O5S. The Morgan fingerprint density at radius 3 is 2.35 bits per heavy atom. The second-order valence-corrected chi connectivity index (χ2v) is 6.20. The Bertz CT molecular complexity index is 388. The minimum Gasteiger partial charge on any atom is -0.480 e. The quantitative estimate of drug-likeness (QED) is 0.440. The molecule has 116 valence electrons. The lowest BCUT2D eigenvalue weighted by atomic mass is 10.1. The molecule has 0 bridgehead atoms. The lowest BCUT2D eigenvalue weighted by Gasteiger charge is -2.15. The van der Waals surface area contributed by atoms with Crippen molar-refractivity contribution in [1.82, 2.24) is 10.6 Å². The van der Waals surface area contributed by atoms with Gasteiger partial charge in [0.2, 0.25) is 5.91 Å². The van der Waals surface area contributed by atoms with Crippen molar-refractivity contribution in [2.24, 2.45) is 5.73 Å².